The van der Waals surface area contributed by atoms with Crippen LogP contribution in [0.1, 0.15) is 29.0 Å². The molecular formula is C21H23N3O2. The molecular weight excluding hydrogens is 326 g/mol. The first-order chi connectivity index (χ1) is 12.6. The predicted molar refractivity (Wildman–Crippen MR) is 101 cm³/mol. The fourth-order valence-electron chi connectivity index (χ4n) is 2.80. The predicted octanol–water partition coefficient (Wildman–Crippen LogP) is 3.64. The van der Waals surface area contributed by atoms with Gasteiger partial charge in [-0.1, -0.05) is 24.3 Å². The lowest BCUT2D eigenvalue weighted by Crippen LogP contribution is -2.26. The molecule has 0 saturated carbocycles. The van der Waals surface area contributed by atoms with Gasteiger partial charge in [-0.05, 0) is 49.9 Å². The largest absolute Gasteiger partial charge is 0.441 e. The molecule has 2 heterocycles. The van der Waals surface area contributed by atoms with Crippen molar-refractivity contribution < 1.29 is 9.21 Å². The lowest BCUT2D eigenvalue weighted by Gasteiger charge is -2.04. The summed E-state index contributed by atoms with van der Waals surface area (Å²) >= 11 is 0. The number of nitrogens with zero attached hydrogens (tertiary/aromatic N) is 2. The Kier molecular flexibility index (Phi) is 5.79. The molecule has 0 unspecified atom stereocenters. The van der Waals surface area contributed by atoms with Crippen LogP contribution in [-0.4, -0.2) is 22.4 Å². The van der Waals surface area contributed by atoms with Crippen LogP contribution in [-0.2, 0) is 17.6 Å². The van der Waals surface area contributed by atoms with Crippen molar-refractivity contribution >= 4 is 5.91 Å². The van der Waals surface area contributed by atoms with E-state index in [1.54, 1.807) is 6.20 Å². The van der Waals surface area contributed by atoms with Gasteiger partial charge in [-0.25, -0.2) is 4.98 Å². The SMILES string of the molecule is Cc1ccccc1-c1nc(CC(=O)NCCCc2cccnc2)c(C)o1. The summed E-state index contributed by atoms with van der Waals surface area (Å²) in [6.07, 6.45) is 5.62. The van der Waals surface area contributed by atoms with Crippen LogP contribution in [0, 0.1) is 13.8 Å². The third-order valence-electron chi connectivity index (χ3n) is 4.28. The van der Waals surface area contributed by atoms with E-state index in [0.29, 0.717) is 23.9 Å². The fourth-order valence-corrected chi connectivity index (χ4v) is 2.80. The third kappa shape index (κ3) is 4.57. The van der Waals surface area contributed by atoms with Gasteiger partial charge in [0.2, 0.25) is 11.8 Å². The molecule has 1 N–H and O–H groups in total. The molecule has 2 aromatic heterocycles. The molecule has 0 fully saturated rings. The number of pyridine rings is 1. The molecule has 0 aliphatic carbocycles. The summed E-state index contributed by atoms with van der Waals surface area (Å²) in [7, 11) is 0. The number of aromatic nitrogens is 2. The maximum absolute atomic E-state index is 12.2. The average molecular weight is 349 g/mol. The molecule has 1 amide bonds. The summed E-state index contributed by atoms with van der Waals surface area (Å²) in [5.41, 5.74) is 3.92. The Morgan fingerprint density at radius 2 is 2.00 bits per heavy atom. The van der Waals surface area contributed by atoms with E-state index in [-0.39, 0.29) is 12.3 Å². The second-order valence-electron chi connectivity index (χ2n) is 6.33. The molecule has 0 spiro atoms. The fraction of sp³-hybridized carbons (Fsp3) is 0.286. The summed E-state index contributed by atoms with van der Waals surface area (Å²) in [6, 6.07) is 11.9. The van der Waals surface area contributed by atoms with Crippen molar-refractivity contribution in [3.05, 3.63) is 71.4 Å². The summed E-state index contributed by atoms with van der Waals surface area (Å²) < 4.78 is 5.77. The number of hydrogen-bond acceptors (Lipinski definition) is 4. The van der Waals surface area contributed by atoms with Gasteiger partial charge in [-0.3, -0.25) is 9.78 Å². The minimum Gasteiger partial charge on any atom is -0.441 e. The standard InChI is InChI=1S/C21H23N3O2/c1-15-7-3-4-10-18(15)21-24-19(16(2)26-21)13-20(25)23-12-6-9-17-8-5-11-22-14-17/h3-5,7-8,10-11,14H,6,9,12-13H2,1-2H3,(H,23,25). The van der Waals surface area contributed by atoms with E-state index in [0.717, 1.165) is 24.0 Å². The second-order valence-corrected chi connectivity index (χ2v) is 6.33. The van der Waals surface area contributed by atoms with Gasteiger partial charge < -0.3 is 9.73 Å². The smallest absolute Gasteiger partial charge is 0.226 e. The van der Waals surface area contributed by atoms with E-state index in [2.05, 4.69) is 15.3 Å². The minimum absolute atomic E-state index is 0.0380. The molecule has 3 aromatic rings. The zero-order valence-electron chi connectivity index (χ0n) is 15.2. The minimum atomic E-state index is -0.0380. The highest BCUT2D eigenvalue weighted by atomic mass is 16.4. The highest BCUT2D eigenvalue weighted by Gasteiger charge is 2.15. The molecule has 0 bridgehead atoms. The van der Waals surface area contributed by atoms with Gasteiger partial charge in [0, 0.05) is 24.5 Å². The summed E-state index contributed by atoms with van der Waals surface area (Å²) in [6.45, 7) is 4.50. The first-order valence-electron chi connectivity index (χ1n) is 8.81. The highest BCUT2D eigenvalue weighted by molar-refractivity contribution is 5.78. The molecule has 26 heavy (non-hydrogen) atoms. The number of carbonyl (C=O) groups is 1. The van der Waals surface area contributed by atoms with E-state index in [1.807, 2.05) is 56.4 Å². The van der Waals surface area contributed by atoms with E-state index in [1.165, 1.54) is 5.56 Å². The zero-order chi connectivity index (χ0) is 18.4. The van der Waals surface area contributed by atoms with Crippen LogP contribution in [0.5, 0.6) is 0 Å². The Morgan fingerprint density at radius 3 is 2.77 bits per heavy atom. The quantitative estimate of drug-likeness (QED) is 0.661. The third-order valence-corrected chi connectivity index (χ3v) is 4.28. The van der Waals surface area contributed by atoms with Crippen molar-refractivity contribution in [2.45, 2.75) is 33.1 Å². The molecule has 134 valence electrons. The maximum atomic E-state index is 12.2. The monoisotopic (exact) mass is 349 g/mol. The normalized spacial score (nSPS) is 10.7. The number of rotatable bonds is 7. The Hall–Kier alpha value is -2.95. The van der Waals surface area contributed by atoms with Crippen molar-refractivity contribution in [1.29, 1.82) is 0 Å². The van der Waals surface area contributed by atoms with Gasteiger partial charge >= 0.3 is 0 Å². The van der Waals surface area contributed by atoms with E-state index >= 15 is 0 Å². The molecule has 5 nitrogen and oxygen atoms in total. The van der Waals surface area contributed by atoms with Crippen LogP contribution in [0.3, 0.4) is 0 Å². The molecule has 5 heteroatoms. The lowest BCUT2D eigenvalue weighted by molar-refractivity contribution is -0.120. The van der Waals surface area contributed by atoms with Gasteiger partial charge in [-0.15, -0.1) is 0 Å². The first-order valence-corrected chi connectivity index (χ1v) is 8.81. The van der Waals surface area contributed by atoms with Crippen molar-refractivity contribution in [2.24, 2.45) is 0 Å². The first kappa shape index (κ1) is 17.9. The number of aryl methyl sites for hydroxylation is 3. The van der Waals surface area contributed by atoms with Gasteiger partial charge in [-0.2, -0.15) is 0 Å². The van der Waals surface area contributed by atoms with Crippen molar-refractivity contribution in [2.75, 3.05) is 6.54 Å². The number of carbonyl (C=O) groups excluding carboxylic acids is 1. The molecule has 0 aliphatic rings. The summed E-state index contributed by atoms with van der Waals surface area (Å²) in [4.78, 5) is 20.8. The van der Waals surface area contributed by atoms with Crippen molar-refractivity contribution in [3.8, 4) is 11.5 Å². The van der Waals surface area contributed by atoms with E-state index < -0.39 is 0 Å². The van der Waals surface area contributed by atoms with Crippen LogP contribution < -0.4 is 5.32 Å². The van der Waals surface area contributed by atoms with Crippen LogP contribution in [0.15, 0.2) is 53.2 Å². The highest BCUT2D eigenvalue weighted by Crippen LogP contribution is 2.24. The zero-order valence-corrected chi connectivity index (χ0v) is 15.2. The molecule has 3 rings (SSSR count). The van der Waals surface area contributed by atoms with Gasteiger partial charge in [0.15, 0.2) is 0 Å². The molecule has 0 saturated heterocycles. The van der Waals surface area contributed by atoms with Gasteiger partial charge in [0.1, 0.15) is 5.76 Å². The van der Waals surface area contributed by atoms with Crippen molar-refractivity contribution in [3.63, 3.8) is 0 Å². The number of benzene rings is 1. The number of nitrogens with one attached hydrogen (secondary N) is 1. The number of hydrogen-bond donors (Lipinski definition) is 1. The number of amides is 1. The topological polar surface area (TPSA) is 68.0 Å². The summed E-state index contributed by atoms with van der Waals surface area (Å²) in [5.74, 6) is 1.22. The van der Waals surface area contributed by atoms with Crippen molar-refractivity contribution in [1.82, 2.24) is 15.3 Å². The molecule has 0 aliphatic heterocycles. The second kappa shape index (κ2) is 8.43. The van der Waals surface area contributed by atoms with Crippen LogP contribution in [0.2, 0.25) is 0 Å². The van der Waals surface area contributed by atoms with E-state index in [9.17, 15) is 4.79 Å². The summed E-state index contributed by atoms with van der Waals surface area (Å²) in [5, 5.41) is 2.95. The average Bonchev–Trinajstić information content (AvgIpc) is 3.00. The molecule has 0 atom stereocenters. The van der Waals surface area contributed by atoms with Crippen LogP contribution in [0.4, 0.5) is 0 Å². The maximum Gasteiger partial charge on any atom is 0.226 e. The molecule has 1 aromatic carbocycles. The Bertz CT molecular complexity index is 872. The number of oxazole rings is 1. The van der Waals surface area contributed by atoms with E-state index in [4.69, 9.17) is 4.42 Å². The van der Waals surface area contributed by atoms with Gasteiger partial charge in [0.25, 0.3) is 0 Å². The van der Waals surface area contributed by atoms with Crippen LogP contribution >= 0.6 is 0 Å². The van der Waals surface area contributed by atoms with Crippen LogP contribution in [0.25, 0.3) is 11.5 Å². The molecule has 0 radical (unpaired) electrons. The Morgan fingerprint density at radius 1 is 1.15 bits per heavy atom. The Labute approximate surface area is 153 Å². The lowest BCUT2D eigenvalue weighted by atomic mass is 10.1. The van der Waals surface area contributed by atoms with Gasteiger partial charge in [0.05, 0.1) is 12.1 Å². The Balaban J connectivity index is 1.52.